The van der Waals surface area contributed by atoms with Gasteiger partial charge >= 0.3 is 5.97 Å². The zero-order chi connectivity index (χ0) is 13.0. The average molecular weight is 255 g/mol. The van der Waals surface area contributed by atoms with Gasteiger partial charge in [-0.1, -0.05) is 19.8 Å². The van der Waals surface area contributed by atoms with Gasteiger partial charge in [0.15, 0.2) is 0 Å². The molecule has 2 aliphatic rings. The first-order valence-corrected chi connectivity index (χ1v) is 7.28. The number of hydrogen-bond acceptors (Lipinski definition) is 3. The van der Waals surface area contributed by atoms with Crippen LogP contribution in [0.5, 0.6) is 0 Å². The van der Waals surface area contributed by atoms with Gasteiger partial charge in [-0.2, -0.15) is 0 Å². The molecular formula is C14H25NO3. The third-order valence-electron chi connectivity index (χ3n) is 4.53. The van der Waals surface area contributed by atoms with Crippen LogP contribution in [0.15, 0.2) is 0 Å². The standard InChI is InChI=1S/C14H25NO3/c1-2-11-4-3-5-13(11)15-8-6-12(7-9-15)18-10-14(16)17/h11-13H,2-10H2,1H3,(H,16,17). The summed E-state index contributed by atoms with van der Waals surface area (Å²) in [6.45, 7) is 4.30. The van der Waals surface area contributed by atoms with E-state index in [1.165, 1.54) is 25.7 Å². The summed E-state index contributed by atoms with van der Waals surface area (Å²) in [5.74, 6) is 0.0146. The van der Waals surface area contributed by atoms with Crippen LogP contribution in [0.3, 0.4) is 0 Å². The van der Waals surface area contributed by atoms with Crippen molar-refractivity contribution in [2.45, 2.75) is 57.6 Å². The highest BCUT2D eigenvalue weighted by Crippen LogP contribution is 2.33. The molecule has 1 heterocycles. The lowest BCUT2D eigenvalue weighted by atomic mass is 9.96. The molecule has 1 aliphatic heterocycles. The summed E-state index contributed by atoms with van der Waals surface area (Å²) >= 11 is 0. The second-order valence-electron chi connectivity index (χ2n) is 5.61. The second-order valence-corrected chi connectivity index (χ2v) is 5.61. The first-order valence-electron chi connectivity index (χ1n) is 7.28. The average Bonchev–Trinajstić information content (AvgIpc) is 2.85. The maximum atomic E-state index is 10.5. The van der Waals surface area contributed by atoms with Crippen molar-refractivity contribution in [2.24, 2.45) is 5.92 Å². The van der Waals surface area contributed by atoms with Crippen molar-refractivity contribution >= 4 is 5.97 Å². The number of piperidine rings is 1. The topological polar surface area (TPSA) is 49.8 Å². The summed E-state index contributed by atoms with van der Waals surface area (Å²) in [7, 11) is 0. The van der Waals surface area contributed by atoms with Crippen LogP contribution in [0, 0.1) is 5.92 Å². The highest BCUT2D eigenvalue weighted by molar-refractivity contribution is 5.68. The van der Waals surface area contributed by atoms with Gasteiger partial charge in [0.05, 0.1) is 6.10 Å². The Bertz CT molecular complexity index is 274. The fourth-order valence-electron chi connectivity index (χ4n) is 3.54. The molecule has 0 aromatic rings. The fourth-order valence-corrected chi connectivity index (χ4v) is 3.54. The minimum atomic E-state index is -0.862. The van der Waals surface area contributed by atoms with E-state index >= 15 is 0 Å². The zero-order valence-electron chi connectivity index (χ0n) is 11.3. The molecule has 4 heteroatoms. The number of carboxylic acid groups (broad SMARTS) is 1. The Kier molecular flexibility index (Phi) is 5.01. The Morgan fingerprint density at radius 2 is 2.00 bits per heavy atom. The van der Waals surface area contributed by atoms with E-state index in [1.54, 1.807) is 0 Å². The SMILES string of the molecule is CCC1CCCC1N1CCC(OCC(=O)O)CC1. The van der Waals surface area contributed by atoms with Gasteiger partial charge in [0.25, 0.3) is 0 Å². The molecule has 0 aromatic heterocycles. The molecule has 1 N–H and O–H groups in total. The molecule has 18 heavy (non-hydrogen) atoms. The van der Waals surface area contributed by atoms with Gasteiger partial charge in [-0.15, -0.1) is 0 Å². The first kappa shape index (κ1) is 13.8. The normalized spacial score (nSPS) is 30.7. The molecule has 0 amide bonds. The smallest absolute Gasteiger partial charge is 0.329 e. The molecule has 0 spiro atoms. The minimum Gasteiger partial charge on any atom is -0.480 e. The monoisotopic (exact) mass is 255 g/mol. The van der Waals surface area contributed by atoms with Gasteiger partial charge in [-0.25, -0.2) is 4.79 Å². The van der Waals surface area contributed by atoms with Crippen molar-refractivity contribution in [3.63, 3.8) is 0 Å². The number of carboxylic acids is 1. The van der Waals surface area contributed by atoms with Crippen LogP contribution in [0.1, 0.15) is 45.4 Å². The lowest BCUT2D eigenvalue weighted by molar-refractivity contribution is -0.145. The van der Waals surface area contributed by atoms with Gasteiger partial charge < -0.3 is 9.84 Å². The molecular weight excluding hydrogens is 230 g/mol. The van der Waals surface area contributed by atoms with E-state index in [1.807, 2.05) is 0 Å². The predicted octanol–water partition coefficient (Wildman–Crippen LogP) is 2.13. The van der Waals surface area contributed by atoms with E-state index in [9.17, 15) is 4.79 Å². The lowest BCUT2D eigenvalue weighted by Gasteiger charge is -2.38. The molecule has 1 saturated heterocycles. The quantitative estimate of drug-likeness (QED) is 0.817. The van der Waals surface area contributed by atoms with Crippen molar-refractivity contribution in [3.05, 3.63) is 0 Å². The van der Waals surface area contributed by atoms with Crippen molar-refractivity contribution in [3.8, 4) is 0 Å². The van der Waals surface area contributed by atoms with Crippen LogP contribution < -0.4 is 0 Å². The zero-order valence-corrected chi connectivity index (χ0v) is 11.3. The largest absolute Gasteiger partial charge is 0.480 e. The molecule has 104 valence electrons. The van der Waals surface area contributed by atoms with Crippen molar-refractivity contribution in [1.82, 2.24) is 4.90 Å². The van der Waals surface area contributed by atoms with Crippen LogP contribution in [0.4, 0.5) is 0 Å². The van der Waals surface area contributed by atoms with Gasteiger partial charge in [0.2, 0.25) is 0 Å². The molecule has 0 radical (unpaired) electrons. The first-order chi connectivity index (χ1) is 8.70. The van der Waals surface area contributed by atoms with Gasteiger partial charge in [-0.3, -0.25) is 4.90 Å². The van der Waals surface area contributed by atoms with Crippen LogP contribution in [0.2, 0.25) is 0 Å². The Hall–Kier alpha value is -0.610. The van der Waals surface area contributed by atoms with E-state index < -0.39 is 5.97 Å². The second kappa shape index (κ2) is 6.53. The molecule has 0 aromatic carbocycles. The van der Waals surface area contributed by atoms with Crippen molar-refractivity contribution in [1.29, 1.82) is 0 Å². The third-order valence-corrected chi connectivity index (χ3v) is 4.53. The van der Waals surface area contributed by atoms with Crippen molar-refractivity contribution in [2.75, 3.05) is 19.7 Å². The maximum absolute atomic E-state index is 10.5. The number of carbonyl (C=O) groups is 1. The van der Waals surface area contributed by atoms with Crippen LogP contribution in [-0.4, -0.2) is 47.8 Å². The number of likely N-dealkylation sites (tertiary alicyclic amines) is 1. The van der Waals surface area contributed by atoms with E-state index in [0.29, 0.717) is 0 Å². The highest BCUT2D eigenvalue weighted by Gasteiger charge is 2.33. The maximum Gasteiger partial charge on any atom is 0.329 e. The van der Waals surface area contributed by atoms with Crippen molar-refractivity contribution < 1.29 is 14.6 Å². The minimum absolute atomic E-state index is 0.147. The molecule has 1 saturated carbocycles. The molecule has 2 unspecified atom stereocenters. The van der Waals surface area contributed by atoms with Gasteiger partial charge in [0, 0.05) is 19.1 Å². The number of hydrogen-bond donors (Lipinski definition) is 1. The van der Waals surface area contributed by atoms with E-state index in [4.69, 9.17) is 9.84 Å². The van der Waals surface area contributed by atoms with E-state index in [-0.39, 0.29) is 12.7 Å². The summed E-state index contributed by atoms with van der Waals surface area (Å²) in [6.07, 6.45) is 7.52. The van der Waals surface area contributed by atoms with Crippen LogP contribution in [-0.2, 0) is 9.53 Å². The van der Waals surface area contributed by atoms with Crippen LogP contribution >= 0.6 is 0 Å². The molecule has 4 nitrogen and oxygen atoms in total. The number of rotatable bonds is 5. The predicted molar refractivity (Wildman–Crippen MR) is 69.6 cm³/mol. The van der Waals surface area contributed by atoms with E-state index in [0.717, 1.165) is 37.9 Å². The number of ether oxygens (including phenoxy) is 1. The highest BCUT2D eigenvalue weighted by atomic mass is 16.5. The summed E-state index contributed by atoms with van der Waals surface area (Å²) in [5, 5.41) is 8.60. The lowest BCUT2D eigenvalue weighted by Crippen LogP contribution is -2.45. The summed E-state index contributed by atoms with van der Waals surface area (Å²) in [4.78, 5) is 13.1. The Labute approximate surface area is 109 Å². The summed E-state index contributed by atoms with van der Waals surface area (Å²) < 4.78 is 5.38. The van der Waals surface area contributed by atoms with E-state index in [2.05, 4.69) is 11.8 Å². The molecule has 2 atom stereocenters. The van der Waals surface area contributed by atoms with Gasteiger partial charge in [-0.05, 0) is 31.6 Å². The van der Waals surface area contributed by atoms with Crippen LogP contribution in [0.25, 0.3) is 0 Å². The summed E-state index contributed by atoms with van der Waals surface area (Å²) in [5.41, 5.74) is 0. The number of aliphatic carboxylic acids is 1. The molecule has 1 aliphatic carbocycles. The molecule has 0 bridgehead atoms. The van der Waals surface area contributed by atoms with Gasteiger partial charge in [0.1, 0.15) is 6.61 Å². The molecule has 2 rings (SSSR count). The Morgan fingerprint density at radius 1 is 1.28 bits per heavy atom. The third kappa shape index (κ3) is 3.45. The molecule has 2 fully saturated rings. The fraction of sp³-hybridized carbons (Fsp3) is 0.929. The number of nitrogens with zero attached hydrogens (tertiary/aromatic N) is 1. The Balaban J connectivity index is 1.74. The summed E-state index contributed by atoms with van der Waals surface area (Å²) in [6, 6.07) is 0.774. The Morgan fingerprint density at radius 3 is 2.61 bits per heavy atom.